The summed E-state index contributed by atoms with van der Waals surface area (Å²) in [4.78, 5) is 0. The Kier molecular flexibility index (Phi) is 5.40. The Morgan fingerprint density at radius 2 is 2.15 bits per heavy atom. The van der Waals surface area contributed by atoms with Crippen molar-refractivity contribution in [3.8, 4) is 5.75 Å². The van der Waals surface area contributed by atoms with Gasteiger partial charge in [-0.25, -0.2) is 0 Å². The first-order chi connectivity index (χ1) is 9.65. The van der Waals surface area contributed by atoms with Gasteiger partial charge in [-0.05, 0) is 62.3 Å². The number of hydrazine groups is 1. The molecule has 2 rings (SSSR count). The molecular formula is C16H26N2O2. The Bertz CT molecular complexity index is 442. The molecule has 1 aliphatic heterocycles. The van der Waals surface area contributed by atoms with Crippen molar-refractivity contribution in [2.24, 2.45) is 5.84 Å². The third-order valence-electron chi connectivity index (χ3n) is 4.13. The molecule has 20 heavy (non-hydrogen) atoms. The largest absolute Gasteiger partial charge is 0.496 e. The van der Waals surface area contributed by atoms with E-state index in [2.05, 4.69) is 31.4 Å². The van der Waals surface area contributed by atoms with E-state index >= 15 is 0 Å². The number of rotatable bonds is 5. The third-order valence-corrected chi connectivity index (χ3v) is 4.13. The minimum absolute atomic E-state index is 0.128. The first kappa shape index (κ1) is 15.3. The molecule has 1 fully saturated rings. The molecule has 0 aromatic heterocycles. The van der Waals surface area contributed by atoms with Gasteiger partial charge in [-0.2, -0.15) is 0 Å². The Morgan fingerprint density at radius 3 is 2.75 bits per heavy atom. The van der Waals surface area contributed by atoms with Crippen LogP contribution in [-0.4, -0.2) is 19.8 Å². The Hall–Kier alpha value is -1.10. The highest BCUT2D eigenvalue weighted by Gasteiger charge is 2.21. The number of nitrogens with one attached hydrogen (secondary N) is 1. The summed E-state index contributed by atoms with van der Waals surface area (Å²) >= 11 is 0. The van der Waals surface area contributed by atoms with E-state index in [-0.39, 0.29) is 6.04 Å². The molecule has 0 radical (unpaired) electrons. The van der Waals surface area contributed by atoms with Crippen LogP contribution in [0.25, 0.3) is 0 Å². The van der Waals surface area contributed by atoms with Crippen molar-refractivity contribution < 1.29 is 9.47 Å². The monoisotopic (exact) mass is 278 g/mol. The fourth-order valence-electron chi connectivity index (χ4n) is 2.95. The van der Waals surface area contributed by atoms with Crippen molar-refractivity contribution in [2.75, 3.05) is 13.7 Å². The second kappa shape index (κ2) is 7.07. The van der Waals surface area contributed by atoms with Crippen LogP contribution in [0.3, 0.4) is 0 Å². The lowest BCUT2D eigenvalue weighted by atomic mass is 9.93. The Balaban J connectivity index is 2.16. The predicted octanol–water partition coefficient (Wildman–Crippen LogP) is 2.78. The van der Waals surface area contributed by atoms with Gasteiger partial charge in [-0.3, -0.25) is 11.3 Å². The maximum absolute atomic E-state index is 5.83. The summed E-state index contributed by atoms with van der Waals surface area (Å²) < 4.78 is 11.2. The molecule has 3 N–H and O–H groups in total. The highest BCUT2D eigenvalue weighted by atomic mass is 16.5. The number of methoxy groups -OCH3 is 1. The molecule has 4 nitrogen and oxygen atoms in total. The molecule has 0 amide bonds. The van der Waals surface area contributed by atoms with Crippen LogP contribution in [0.4, 0.5) is 0 Å². The van der Waals surface area contributed by atoms with Gasteiger partial charge >= 0.3 is 0 Å². The molecule has 1 aliphatic rings. The van der Waals surface area contributed by atoms with E-state index in [4.69, 9.17) is 15.3 Å². The lowest BCUT2D eigenvalue weighted by molar-refractivity contribution is 0.00498. The van der Waals surface area contributed by atoms with Gasteiger partial charge in [0.15, 0.2) is 0 Å². The van der Waals surface area contributed by atoms with E-state index in [1.54, 1.807) is 7.11 Å². The summed E-state index contributed by atoms with van der Waals surface area (Å²) in [6, 6.07) is 4.38. The van der Waals surface area contributed by atoms with E-state index in [9.17, 15) is 0 Å². The Labute approximate surface area is 121 Å². The summed E-state index contributed by atoms with van der Waals surface area (Å²) in [6.45, 7) is 5.04. The zero-order valence-corrected chi connectivity index (χ0v) is 12.7. The number of hydrogen-bond donors (Lipinski definition) is 2. The van der Waals surface area contributed by atoms with E-state index in [1.807, 2.05) is 0 Å². The highest BCUT2D eigenvalue weighted by Crippen LogP contribution is 2.30. The quantitative estimate of drug-likeness (QED) is 0.642. The van der Waals surface area contributed by atoms with Crippen molar-refractivity contribution in [3.05, 3.63) is 28.8 Å². The second-order valence-electron chi connectivity index (χ2n) is 5.62. The number of hydrogen-bond acceptors (Lipinski definition) is 4. The molecule has 2 atom stereocenters. The summed E-state index contributed by atoms with van der Waals surface area (Å²) in [5, 5.41) is 0. The van der Waals surface area contributed by atoms with Gasteiger partial charge < -0.3 is 9.47 Å². The van der Waals surface area contributed by atoms with Crippen molar-refractivity contribution in [1.82, 2.24) is 5.43 Å². The number of nitrogens with two attached hydrogens (primary N) is 1. The van der Waals surface area contributed by atoms with Crippen LogP contribution in [0, 0.1) is 13.8 Å². The first-order valence-corrected chi connectivity index (χ1v) is 7.38. The summed E-state index contributed by atoms with van der Waals surface area (Å²) in [5.74, 6) is 6.70. The standard InChI is InChI=1S/C16H26N2O2/c1-11-9-16(19-3)12(2)8-14(11)15(18-17)10-13-6-4-5-7-20-13/h8-9,13,15,18H,4-7,10,17H2,1-3H3. The zero-order valence-electron chi connectivity index (χ0n) is 12.7. The minimum Gasteiger partial charge on any atom is -0.496 e. The second-order valence-corrected chi connectivity index (χ2v) is 5.62. The van der Waals surface area contributed by atoms with Gasteiger partial charge in [0.25, 0.3) is 0 Å². The molecule has 1 heterocycles. The van der Waals surface area contributed by atoms with Crippen molar-refractivity contribution in [1.29, 1.82) is 0 Å². The van der Waals surface area contributed by atoms with Gasteiger partial charge in [0.05, 0.1) is 13.2 Å². The molecule has 112 valence electrons. The normalized spacial score (nSPS) is 20.7. The van der Waals surface area contributed by atoms with E-state index < -0.39 is 0 Å². The highest BCUT2D eigenvalue weighted by molar-refractivity contribution is 5.42. The smallest absolute Gasteiger partial charge is 0.122 e. The summed E-state index contributed by atoms with van der Waals surface area (Å²) in [5.41, 5.74) is 6.52. The molecule has 0 aliphatic carbocycles. The average molecular weight is 278 g/mol. The molecule has 1 saturated heterocycles. The lowest BCUT2D eigenvalue weighted by Gasteiger charge is -2.28. The average Bonchev–Trinajstić information content (AvgIpc) is 2.48. The maximum Gasteiger partial charge on any atom is 0.122 e. The van der Waals surface area contributed by atoms with Crippen molar-refractivity contribution >= 4 is 0 Å². The summed E-state index contributed by atoms with van der Waals surface area (Å²) in [7, 11) is 1.70. The number of benzene rings is 1. The van der Waals surface area contributed by atoms with Crippen molar-refractivity contribution in [2.45, 2.75) is 51.7 Å². The van der Waals surface area contributed by atoms with Crippen LogP contribution < -0.4 is 16.0 Å². The van der Waals surface area contributed by atoms with Gasteiger partial charge in [-0.15, -0.1) is 0 Å². The lowest BCUT2D eigenvalue weighted by Crippen LogP contribution is -2.33. The fraction of sp³-hybridized carbons (Fsp3) is 0.625. The van der Waals surface area contributed by atoms with E-state index in [0.717, 1.165) is 30.8 Å². The number of aryl methyl sites for hydroxylation is 2. The third kappa shape index (κ3) is 3.51. The molecule has 2 unspecified atom stereocenters. The van der Waals surface area contributed by atoms with E-state index in [0.29, 0.717) is 6.10 Å². The van der Waals surface area contributed by atoms with Crippen molar-refractivity contribution in [3.63, 3.8) is 0 Å². The zero-order chi connectivity index (χ0) is 14.5. The van der Waals surface area contributed by atoms with Crippen LogP contribution in [-0.2, 0) is 4.74 Å². The predicted molar refractivity (Wildman–Crippen MR) is 80.7 cm³/mol. The fourth-order valence-corrected chi connectivity index (χ4v) is 2.95. The molecule has 0 spiro atoms. The molecule has 1 aromatic rings. The topological polar surface area (TPSA) is 56.5 Å². The molecule has 0 saturated carbocycles. The molecule has 0 bridgehead atoms. The SMILES string of the molecule is COc1cc(C)c(C(CC2CCCCO2)NN)cc1C. The van der Waals surface area contributed by atoms with Crippen LogP contribution in [0.15, 0.2) is 12.1 Å². The molecular weight excluding hydrogens is 252 g/mol. The van der Waals surface area contributed by atoms with E-state index in [1.165, 1.54) is 24.0 Å². The van der Waals surface area contributed by atoms with Crippen LogP contribution in [0.2, 0.25) is 0 Å². The van der Waals surface area contributed by atoms with Gasteiger partial charge in [0.1, 0.15) is 5.75 Å². The van der Waals surface area contributed by atoms with Crippen LogP contribution in [0.1, 0.15) is 48.4 Å². The van der Waals surface area contributed by atoms with Crippen LogP contribution >= 0.6 is 0 Å². The van der Waals surface area contributed by atoms with Crippen LogP contribution in [0.5, 0.6) is 5.75 Å². The first-order valence-electron chi connectivity index (χ1n) is 7.38. The minimum atomic E-state index is 0.128. The number of ether oxygens (including phenoxy) is 2. The molecule has 1 aromatic carbocycles. The molecule has 4 heteroatoms. The summed E-state index contributed by atoms with van der Waals surface area (Å²) in [6.07, 6.45) is 4.79. The van der Waals surface area contributed by atoms with Gasteiger partial charge in [0, 0.05) is 12.6 Å². The van der Waals surface area contributed by atoms with Gasteiger partial charge in [0.2, 0.25) is 0 Å². The maximum atomic E-state index is 5.83. The van der Waals surface area contributed by atoms with Gasteiger partial charge in [-0.1, -0.05) is 6.07 Å². The Morgan fingerprint density at radius 1 is 1.35 bits per heavy atom.